The van der Waals surface area contributed by atoms with Gasteiger partial charge in [0.25, 0.3) is 5.91 Å². The van der Waals surface area contributed by atoms with Crippen LogP contribution in [0.15, 0.2) is 12.1 Å². The lowest BCUT2D eigenvalue weighted by molar-refractivity contribution is 0.0544. The number of halogens is 1. The first-order valence-electron chi connectivity index (χ1n) is 6.42. The predicted molar refractivity (Wildman–Crippen MR) is 87.7 cm³/mol. The number of carbonyl (C=O) groups excluding carboxylic acids is 1. The molecule has 0 unspecified atom stereocenters. The van der Waals surface area contributed by atoms with Gasteiger partial charge in [0.05, 0.1) is 19.7 Å². The predicted octanol–water partition coefficient (Wildman–Crippen LogP) is 2.22. The highest BCUT2D eigenvalue weighted by Crippen LogP contribution is 2.24. The molecular formula is C13H18ClN3OS2. The summed E-state index contributed by atoms with van der Waals surface area (Å²) in [5.41, 5.74) is 5.48. The van der Waals surface area contributed by atoms with Gasteiger partial charge in [-0.25, -0.2) is 0 Å². The molecule has 0 aliphatic carbocycles. The monoisotopic (exact) mass is 331 g/mol. The number of rotatable bonds is 3. The summed E-state index contributed by atoms with van der Waals surface area (Å²) < 4.78 is 0.640. The summed E-state index contributed by atoms with van der Waals surface area (Å²) in [5, 5.41) is 0. The average Bonchev–Trinajstić information content (AvgIpc) is 2.84. The van der Waals surface area contributed by atoms with Crippen LogP contribution in [0, 0.1) is 0 Å². The smallest absolute Gasteiger partial charge is 0.264 e. The highest BCUT2D eigenvalue weighted by atomic mass is 35.5. The Morgan fingerprint density at radius 1 is 1.35 bits per heavy atom. The molecule has 2 N–H and O–H groups in total. The molecule has 1 aliphatic heterocycles. The van der Waals surface area contributed by atoms with E-state index in [0.717, 1.165) is 13.1 Å². The first kappa shape index (κ1) is 15.7. The minimum Gasteiger partial charge on any atom is -0.392 e. The Morgan fingerprint density at radius 2 is 1.95 bits per heavy atom. The zero-order valence-corrected chi connectivity index (χ0v) is 13.9. The zero-order valence-electron chi connectivity index (χ0n) is 11.6. The van der Waals surface area contributed by atoms with Crippen molar-refractivity contribution in [2.24, 2.45) is 5.73 Å². The van der Waals surface area contributed by atoms with E-state index in [9.17, 15) is 4.79 Å². The van der Waals surface area contributed by atoms with Crippen molar-refractivity contribution >= 4 is 46.1 Å². The number of hydrogen-bond donors (Lipinski definition) is 1. The van der Waals surface area contributed by atoms with E-state index in [0.29, 0.717) is 27.3 Å². The number of thiocarbonyl (C=S) groups is 1. The van der Waals surface area contributed by atoms with Gasteiger partial charge in [-0.1, -0.05) is 23.8 Å². The molecule has 0 atom stereocenters. The maximum absolute atomic E-state index is 12.3. The Hall–Kier alpha value is -0.690. The largest absolute Gasteiger partial charge is 0.392 e. The normalized spacial score (nSPS) is 17.2. The Kier molecular flexibility index (Phi) is 4.69. The van der Waals surface area contributed by atoms with Crippen molar-refractivity contribution in [1.29, 1.82) is 0 Å². The van der Waals surface area contributed by atoms with Gasteiger partial charge < -0.3 is 10.6 Å². The van der Waals surface area contributed by atoms with Crippen LogP contribution in [0.25, 0.3) is 0 Å². The van der Waals surface area contributed by atoms with E-state index in [1.165, 1.54) is 11.3 Å². The van der Waals surface area contributed by atoms with Crippen LogP contribution >= 0.6 is 35.2 Å². The van der Waals surface area contributed by atoms with E-state index in [1.54, 1.807) is 12.1 Å². The summed E-state index contributed by atoms with van der Waals surface area (Å²) in [6, 6.07) is 3.53. The van der Waals surface area contributed by atoms with Crippen LogP contribution in [-0.2, 0) is 0 Å². The summed E-state index contributed by atoms with van der Waals surface area (Å²) in [7, 11) is 0. The molecule has 1 aromatic heterocycles. The topological polar surface area (TPSA) is 49.6 Å². The van der Waals surface area contributed by atoms with Gasteiger partial charge in [-0.2, -0.15) is 0 Å². The van der Waals surface area contributed by atoms with E-state index >= 15 is 0 Å². The Bertz CT molecular complexity index is 521. The number of amides is 1. The lowest BCUT2D eigenvalue weighted by atomic mass is 10.0. The van der Waals surface area contributed by atoms with Crippen LogP contribution in [0.3, 0.4) is 0 Å². The van der Waals surface area contributed by atoms with E-state index in [4.69, 9.17) is 29.6 Å². The highest BCUT2D eigenvalue weighted by molar-refractivity contribution is 7.80. The van der Waals surface area contributed by atoms with Gasteiger partial charge in [0.2, 0.25) is 0 Å². The second-order valence-electron chi connectivity index (χ2n) is 5.31. The molecule has 1 fully saturated rings. The number of nitrogens with zero attached hydrogens (tertiary/aromatic N) is 2. The van der Waals surface area contributed by atoms with Crippen LogP contribution in [0.1, 0.15) is 23.5 Å². The van der Waals surface area contributed by atoms with E-state index in [2.05, 4.69) is 4.90 Å². The van der Waals surface area contributed by atoms with Crippen LogP contribution < -0.4 is 5.73 Å². The first-order valence-corrected chi connectivity index (χ1v) is 8.02. The average molecular weight is 332 g/mol. The number of thiophene rings is 1. The van der Waals surface area contributed by atoms with Crippen molar-refractivity contribution in [3.05, 3.63) is 21.3 Å². The lowest BCUT2D eigenvalue weighted by Gasteiger charge is -2.43. The van der Waals surface area contributed by atoms with Crippen molar-refractivity contribution in [2.75, 3.05) is 26.2 Å². The molecule has 0 saturated carbocycles. The highest BCUT2D eigenvalue weighted by Gasteiger charge is 2.33. The minimum atomic E-state index is -0.309. The van der Waals surface area contributed by atoms with Crippen LogP contribution in [-0.4, -0.2) is 52.4 Å². The molecular weight excluding hydrogens is 314 g/mol. The number of piperazine rings is 1. The van der Waals surface area contributed by atoms with Gasteiger partial charge in [-0.05, 0) is 26.0 Å². The Balaban J connectivity index is 1.98. The lowest BCUT2D eigenvalue weighted by Crippen LogP contribution is -2.59. The second kappa shape index (κ2) is 5.97. The van der Waals surface area contributed by atoms with Gasteiger partial charge in [-0.3, -0.25) is 9.69 Å². The standard InChI is InChI=1S/C13H18ClN3OS2/c1-13(2,12(15)19)17-7-5-16(6-8-17)11(18)9-3-4-10(14)20-9/h3-4H,5-8H2,1-2H3,(H2,15,19). The van der Waals surface area contributed by atoms with Crippen molar-refractivity contribution in [3.8, 4) is 0 Å². The fourth-order valence-corrected chi connectivity index (χ4v) is 3.35. The molecule has 1 amide bonds. The van der Waals surface area contributed by atoms with Crippen LogP contribution in [0.4, 0.5) is 0 Å². The first-order chi connectivity index (χ1) is 9.32. The van der Waals surface area contributed by atoms with Crippen molar-refractivity contribution < 1.29 is 4.79 Å². The quantitative estimate of drug-likeness (QED) is 0.863. The fourth-order valence-electron chi connectivity index (χ4n) is 2.21. The molecule has 2 heterocycles. The molecule has 7 heteroatoms. The molecule has 0 radical (unpaired) electrons. The second-order valence-corrected chi connectivity index (χ2v) is 7.46. The third-order valence-corrected chi connectivity index (χ3v) is 5.46. The maximum Gasteiger partial charge on any atom is 0.264 e. The van der Waals surface area contributed by atoms with Gasteiger partial charge in [0, 0.05) is 26.2 Å². The summed E-state index contributed by atoms with van der Waals surface area (Å²) in [4.78, 5) is 17.6. The van der Waals surface area contributed by atoms with Gasteiger partial charge in [0.15, 0.2) is 0 Å². The number of carbonyl (C=O) groups is 1. The molecule has 1 saturated heterocycles. The van der Waals surface area contributed by atoms with Crippen LogP contribution in [0.2, 0.25) is 4.34 Å². The SMILES string of the molecule is CC(C)(C(N)=S)N1CCN(C(=O)c2ccc(Cl)s2)CC1. The Morgan fingerprint density at radius 3 is 2.40 bits per heavy atom. The maximum atomic E-state index is 12.3. The van der Waals surface area contributed by atoms with E-state index in [-0.39, 0.29) is 11.4 Å². The molecule has 0 aromatic carbocycles. The molecule has 2 rings (SSSR count). The number of nitrogens with two attached hydrogens (primary N) is 1. The third-order valence-electron chi connectivity index (χ3n) is 3.74. The zero-order chi connectivity index (χ0) is 14.9. The van der Waals surface area contributed by atoms with E-state index in [1.807, 2.05) is 18.7 Å². The Labute approximate surface area is 133 Å². The van der Waals surface area contributed by atoms with Crippen molar-refractivity contribution in [3.63, 3.8) is 0 Å². The van der Waals surface area contributed by atoms with Gasteiger partial charge >= 0.3 is 0 Å². The van der Waals surface area contributed by atoms with Gasteiger partial charge in [-0.15, -0.1) is 11.3 Å². The minimum absolute atomic E-state index is 0.0506. The third kappa shape index (κ3) is 3.14. The molecule has 0 bridgehead atoms. The molecule has 20 heavy (non-hydrogen) atoms. The number of hydrogen-bond acceptors (Lipinski definition) is 4. The van der Waals surface area contributed by atoms with E-state index < -0.39 is 0 Å². The summed E-state index contributed by atoms with van der Waals surface area (Å²) >= 11 is 12.3. The summed E-state index contributed by atoms with van der Waals surface area (Å²) in [6.45, 7) is 6.95. The molecule has 0 spiro atoms. The summed E-state index contributed by atoms with van der Waals surface area (Å²) in [5.74, 6) is 0.0506. The van der Waals surface area contributed by atoms with Crippen LogP contribution in [0.5, 0.6) is 0 Å². The fraction of sp³-hybridized carbons (Fsp3) is 0.538. The molecule has 1 aromatic rings. The van der Waals surface area contributed by atoms with Crippen molar-refractivity contribution in [1.82, 2.24) is 9.80 Å². The van der Waals surface area contributed by atoms with Crippen molar-refractivity contribution in [2.45, 2.75) is 19.4 Å². The van der Waals surface area contributed by atoms with Gasteiger partial charge in [0.1, 0.15) is 0 Å². The summed E-state index contributed by atoms with van der Waals surface area (Å²) in [6.07, 6.45) is 0. The molecule has 4 nitrogen and oxygen atoms in total. The molecule has 110 valence electrons. The molecule has 1 aliphatic rings.